The van der Waals surface area contributed by atoms with E-state index >= 15 is 0 Å². The minimum Gasteiger partial charge on any atom is -0.378 e. The average molecular weight is 336 g/mol. The van der Waals surface area contributed by atoms with Crippen LogP contribution in [0.3, 0.4) is 0 Å². The van der Waals surface area contributed by atoms with Crippen LogP contribution in [-0.4, -0.2) is 36.9 Å². The van der Waals surface area contributed by atoms with Crippen molar-refractivity contribution in [3.63, 3.8) is 0 Å². The first-order valence-corrected chi connectivity index (χ1v) is 9.28. The van der Waals surface area contributed by atoms with Gasteiger partial charge in [0.2, 0.25) is 0 Å². The molecule has 1 aliphatic rings. The van der Waals surface area contributed by atoms with Gasteiger partial charge in [0, 0.05) is 25.8 Å². The number of hydrogen-bond acceptors (Lipinski definition) is 4. The lowest BCUT2D eigenvalue weighted by Crippen LogP contribution is -2.38. The molecule has 0 atom stereocenters. The molecule has 0 aliphatic heterocycles. The number of guanidine groups is 1. The Hall–Kier alpha value is -1.56. The Kier molecular flexibility index (Phi) is 8.08. The molecular weight excluding hydrogens is 304 g/mol. The standard InChI is InChI=1S/C18H32N4O2/c1-4-19-18(20-10-7-11-23-15-8-5-6-9-15)21-13-16-12-17(14(2)3)22-24-16/h12,14-15H,4-11,13H2,1-3H3,(H2,19,20,21). The van der Waals surface area contributed by atoms with E-state index < -0.39 is 0 Å². The normalized spacial score (nSPS) is 16.1. The van der Waals surface area contributed by atoms with Gasteiger partial charge in [-0.3, -0.25) is 0 Å². The lowest BCUT2D eigenvalue weighted by molar-refractivity contribution is 0.0574. The predicted molar refractivity (Wildman–Crippen MR) is 96.2 cm³/mol. The Morgan fingerprint density at radius 3 is 2.83 bits per heavy atom. The highest BCUT2D eigenvalue weighted by Crippen LogP contribution is 2.20. The molecule has 1 aromatic rings. The fourth-order valence-corrected chi connectivity index (χ4v) is 2.76. The highest BCUT2D eigenvalue weighted by atomic mass is 16.5. The molecule has 136 valence electrons. The number of nitrogens with one attached hydrogen (secondary N) is 2. The molecule has 1 heterocycles. The second-order valence-corrected chi connectivity index (χ2v) is 6.63. The van der Waals surface area contributed by atoms with Gasteiger partial charge >= 0.3 is 0 Å². The van der Waals surface area contributed by atoms with Crippen molar-refractivity contribution in [2.24, 2.45) is 4.99 Å². The zero-order valence-corrected chi connectivity index (χ0v) is 15.3. The van der Waals surface area contributed by atoms with E-state index in [0.29, 0.717) is 18.6 Å². The van der Waals surface area contributed by atoms with Crippen LogP contribution in [0.15, 0.2) is 15.6 Å². The topological polar surface area (TPSA) is 71.7 Å². The zero-order chi connectivity index (χ0) is 17.2. The molecule has 2 rings (SSSR count). The van der Waals surface area contributed by atoms with Crippen LogP contribution >= 0.6 is 0 Å². The summed E-state index contributed by atoms with van der Waals surface area (Å²) in [5, 5.41) is 10.7. The van der Waals surface area contributed by atoms with Crippen LogP contribution < -0.4 is 10.6 Å². The molecule has 1 aliphatic carbocycles. The first-order chi connectivity index (χ1) is 11.7. The molecular formula is C18H32N4O2. The third-order valence-electron chi connectivity index (χ3n) is 4.18. The fraction of sp³-hybridized carbons (Fsp3) is 0.778. The van der Waals surface area contributed by atoms with E-state index in [1.165, 1.54) is 25.7 Å². The third kappa shape index (κ3) is 6.51. The van der Waals surface area contributed by atoms with Gasteiger partial charge in [0.1, 0.15) is 6.54 Å². The van der Waals surface area contributed by atoms with Crippen LogP contribution in [0.4, 0.5) is 0 Å². The smallest absolute Gasteiger partial charge is 0.191 e. The summed E-state index contributed by atoms with van der Waals surface area (Å²) in [6.07, 6.45) is 6.58. The van der Waals surface area contributed by atoms with Crippen molar-refractivity contribution in [2.75, 3.05) is 19.7 Å². The minimum atomic E-state index is 0.373. The summed E-state index contributed by atoms with van der Waals surface area (Å²) < 4.78 is 11.2. The summed E-state index contributed by atoms with van der Waals surface area (Å²) in [6.45, 7) is 9.26. The summed E-state index contributed by atoms with van der Waals surface area (Å²) >= 11 is 0. The van der Waals surface area contributed by atoms with Crippen LogP contribution in [-0.2, 0) is 11.3 Å². The van der Waals surface area contributed by atoms with Crippen LogP contribution in [0.1, 0.15) is 70.2 Å². The second kappa shape index (κ2) is 10.3. The van der Waals surface area contributed by atoms with Crippen molar-refractivity contribution in [2.45, 2.75) is 71.4 Å². The largest absolute Gasteiger partial charge is 0.378 e. The van der Waals surface area contributed by atoms with Crippen molar-refractivity contribution in [1.29, 1.82) is 0 Å². The molecule has 0 aromatic carbocycles. The maximum absolute atomic E-state index is 5.88. The second-order valence-electron chi connectivity index (χ2n) is 6.63. The molecule has 1 aromatic heterocycles. The third-order valence-corrected chi connectivity index (χ3v) is 4.18. The molecule has 0 unspecified atom stereocenters. The predicted octanol–water partition coefficient (Wildman–Crippen LogP) is 3.20. The maximum atomic E-state index is 5.88. The molecule has 6 heteroatoms. The molecule has 0 bridgehead atoms. The van der Waals surface area contributed by atoms with Gasteiger partial charge in [-0.05, 0) is 32.1 Å². The molecule has 0 radical (unpaired) electrons. The Labute approximate surface area is 145 Å². The molecule has 0 saturated heterocycles. The Bertz CT molecular complexity index is 493. The first-order valence-electron chi connectivity index (χ1n) is 9.28. The molecule has 1 saturated carbocycles. The van der Waals surface area contributed by atoms with Crippen molar-refractivity contribution < 1.29 is 9.26 Å². The molecule has 24 heavy (non-hydrogen) atoms. The van der Waals surface area contributed by atoms with Crippen molar-refractivity contribution in [3.8, 4) is 0 Å². The van der Waals surface area contributed by atoms with Crippen molar-refractivity contribution >= 4 is 5.96 Å². The van der Waals surface area contributed by atoms with E-state index in [9.17, 15) is 0 Å². The highest BCUT2D eigenvalue weighted by Gasteiger charge is 2.14. The molecule has 2 N–H and O–H groups in total. The van der Waals surface area contributed by atoms with Gasteiger partial charge in [0.15, 0.2) is 11.7 Å². The lowest BCUT2D eigenvalue weighted by Gasteiger charge is -2.13. The SMILES string of the molecule is CCNC(=NCc1cc(C(C)C)no1)NCCCOC1CCCC1. The highest BCUT2D eigenvalue weighted by molar-refractivity contribution is 5.79. The van der Waals surface area contributed by atoms with Gasteiger partial charge in [-0.1, -0.05) is 31.8 Å². The summed E-state index contributed by atoms with van der Waals surface area (Å²) in [6, 6.07) is 1.98. The zero-order valence-electron chi connectivity index (χ0n) is 15.3. The molecule has 0 amide bonds. The lowest BCUT2D eigenvalue weighted by atomic mass is 10.1. The molecule has 0 spiro atoms. The Balaban J connectivity index is 1.69. The van der Waals surface area contributed by atoms with Crippen molar-refractivity contribution in [1.82, 2.24) is 15.8 Å². The summed E-state index contributed by atoms with van der Waals surface area (Å²) in [7, 11) is 0. The Morgan fingerprint density at radius 2 is 2.17 bits per heavy atom. The average Bonchev–Trinajstić information content (AvgIpc) is 3.23. The number of ether oxygens (including phenoxy) is 1. The van der Waals surface area contributed by atoms with Crippen molar-refractivity contribution in [3.05, 3.63) is 17.5 Å². The first kappa shape index (κ1) is 18.8. The van der Waals surface area contributed by atoms with Crippen LogP contribution in [0.5, 0.6) is 0 Å². The number of nitrogens with zero attached hydrogens (tertiary/aromatic N) is 2. The number of aromatic nitrogens is 1. The van der Waals surface area contributed by atoms with Crippen LogP contribution in [0.25, 0.3) is 0 Å². The van der Waals surface area contributed by atoms with Gasteiger partial charge in [-0.2, -0.15) is 0 Å². The quantitative estimate of drug-likeness (QED) is 0.412. The van der Waals surface area contributed by atoms with Crippen LogP contribution in [0.2, 0.25) is 0 Å². The van der Waals surface area contributed by atoms with Crippen LogP contribution in [0, 0.1) is 0 Å². The van der Waals surface area contributed by atoms with Gasteiger partial charge in [0.25, 0.3) is 0 Å². The van der Waals surface area contributed by atoms with E-state index in [-0.39, 0.29) is 0 Å². The minimum absolute atomic E-state index is 0.373. The fourth-order valence-electron chi connectivity index (χ4n) is 2.76. The van der Waals surface area contributed by atoms with E-state index in [1.54, 1.807) is 0 Å². The molecule has 1 fully saturated rings. The van der Waals surface area contributed by atoms with E-state index in [2.05, 4.69) is 41.6 Å². The summed E-state index contributed by atoms with van der Waals surface area (Å²) in [5.74, 6) is 1.97. The van der Waals surface area contributed by atoms with Gasteiger partial charge < -0.3 is 19.9 Å². The number of hydrogen-bond donors (Lipinski definition) is 2. The molecule has 6 nitrogen and oxygen atoms in total. The number of rotatable bonds is 9. The van der Waals surface area contributed by atoms with E-state index in [4.69, 9.17) is 9.26 Å². The monoisotopic (exact) mass is 336 g/mol. The van der Waals surface area contributed by atoms with E-state index in [0.717, 1.165) is 43.5 Å². The van der Waals surface area contributed by atoms with E-state index in [1.807, 2.05) is 6.07 Å². The van der Waals surface area contributed by atoms with Gasteiger partial charge in [-0.25, -0.2) is 4.99 Å². The van der Waals surface area contributed by atoms with Gasteiger partial charge in [0.05, 0.1) is 11.8 Å². The summed E-state index contributed by atoms with van der Waals surface area (Å²) in [5.41, 5.74) is 0.974. The number of aliphatic imine (C=N–C) groups is 1. The van der Waals surface area contributed by atoms with Gasteiger partial charge in [-0.15, -0.1) is 0 Å². The maximum Gasteiger partial charge on any atom is 0.191 e. The Morgan fingerprint density at radius 1 is 1.38 bits per heavy atom. The summed E-state index contributed by atoms with van der Waals surface area (Å²) in [4.78, 5) is 4.55.